The third-order valence-electron chi connectivity index (χ3n) is 2.39. The summed E-state index contributed by atoms with van der Waals surface area (Å²) in [5, 5.41) is 4.22. The van der Waals surface area contributed by atoms with Crippen LogP contribution in [0, 0.1) is 0 Å². The van der Waals surface area contributed by atoms with E-state index in [1.807, 2.05) is 18.2 Å². The predicted molar refractivity (Wildman–Crippen MR) is 86.3 cm³/mol. The molecule has 20 heavy (non-hydrogen) atoms. The van der Waals surface area contributed by atoms with Gasteiger partial charge in [-0.25, -0.2) is 0 Å². The van der Waals surface area contributed by atoms with Crippen molar-refractivity contribution >= 4 is 58.2 Å². The fourth-order valence-corrected chi connectivity index (χ4v) is 3.19. The van der Waals surface area contributed by atoms with Gasteiger partial charge in [0.05, 0.1) is 15.1 Å². The zero-order valence-electron chi connectivity index (χ0n) is 10.4. The van der Waals surface area contributed by atoms with Gasteiger partial charge < -0.3 is 5.32 Å². The van der Waals surface area contributed by atoms with Crippen molar-refractivity contribution in [1.29, 1.82) is 0 Å². The third-order valence-corrected chi connectivity index (χ3v) is 4.88. The molecule has 2 aromatic carbocycles. The molecule has 0 aliphatic heterocycles. The number of halogens is 3. The fourth-order valence-electron chi connectivity index (χ4n) is 1.55. The summed E-state index contributed by atoms with van der Waals surface area (Å²) in [6, 6.07) is 10.7. The van der Waals surface area contributed by atoms with E-state index < -0.39 is 0 Å². The Balaban J connectivity index is 2.26. The van der Waals surface area contributed by atoms with Gasteiger partial charge in [-0.3, -0.25) is 4.79 Å². The summed E-state index contributed by atoms with van der Waals surface area (Å²) < 4.78 is 0. The highest BCUT2D eigenvalue weighted by molar-refractivity contribution is 7.99. The molecule has 0 unspecified atom stereocenters. The standard InChI is InChI=1S/C14H10Cl3NOS/c1-8(19)18-9-5-6-12(11(16)7-9)20-13-4-2-3-10(15)14(13)17/h2-7H,1H3,(H,18,19). The first-order valence-corrected chi connectivity index (χ1v) is 7.61. The number of carbonyl (C=O) groups excluding carboxylic acids is 1. The highest BCUT2D eigenvalue weighted by atomic mass is 35.5. The maximum atomic E-state index is 11.0. The Morgan fingerprint density at radius 1 is 1.05 bits per heavy atom. The minimum atomic E-state index is -0.139. The maximum Gasteiger partial charge on any atom is 0.221 e. The quantitative estimate of drug-likeness (QED) is 0.766. The van der Waals surface area contributed by atoms with Gasteiger partial charge in [0.1, 0.15) is 0 Å². The van der Waals surface area contributed by atoms with Crippen LogP contribution < -0.4 is 5.32 Å². The SMILES string of the molecule is CC(=O)Nc1ccc(Sc2cccc(Cl)c2Cl)c(Cl)c1. The Morgan fingerprint density at radius 2 is 1.80 bits per heavy atom. The summed E-state index contributed by atoms with van der Waals surface area (Å²) in [7, 11) is 0. The smallest absolute Gasteiger partial charge is 0.221 e. The minimum Gasteiger partial charge on any atom is -0.326 e. The summed E-state index contributed by atoms with van der Waals surface area (Å²) >= 11 is 19.7. The highest BCUT2D eigenvalue weighted by Crippen LogP contribution is 2.40. The average molecular weight is 347 g/mol. The zero-order chi connectivity index (χ0) is 14.7. The molecule has 0 radical (unpaired) electrons. The van der Waals surface area contributed by atoms with Crippen LogP contribution in [0.15, 0.2) is 46.2 Å². The molecule has 2 rings (SSSR count). The number of rotatable bonds is 3. The van der Waals surface area contributed by atoms with Gasteiger partial charge in [-0.2, -0.15) is 0 Å². The molecule has 0 saturated heterocycles. The summed E-state index contributed by atoms with van der Waals surface area (Å²) in [5.74, 6) is -0.139. The Morgan fingerprint density at radius 3 is 2.45 bits per heavy atom. The van der Waals surface area contributed by atoms with Crippen LogP contribution in [0.3, 0.4) is 0 Å². The van der Waals surface area contributed by atoms with Crippen molar-refractivity contribution in [3.05, 3.63) is 51.5 Å². The average Bonchev–Trinajstić information content (AvgIpc) is 2.37. The van der Waals surface area contributed by atoms with Crippen molar-refractivity contribution in [2.45, 2.75) is 16.7 Å². The lowest BCUT2D eigenvalue weighted by atomic mass is 10.3. The zero-order valence-corrected chi connectivity index (χ0v) is 13.5. The molecular weight excluding hydrogens is 337 g/mol. The molecule has 0 spiro atoms. The molecular formula is C14H10Cl3NOS. The summed E-state index contributed by atoms with van der Waals surface area (Å²) in [4.78, 5) is 12.7. The van der Waals surface area contributed by atoms with Crippen LogP contribution in [0.25, 0.3) is 0 Å². The largest absolute Gasteiger partial charge is 0.326 e. The van der Waals surface area contributed by atoms with Crippen molar-refractivity contribution < 1.29 is 4.79 Å². The molecule has 1 amide bonds. The topological polar surface area (TPSA) is 29.1 Å². The molecule has 1 N–H and O–H groups in total. The minimum absolute atomic E-state index is 0.139. The van der Waals surface area contributed by atoms with Crippen LogP contribution in [0.4, 0.5) is 5.69 Å². The Bertz CT molecular complexity index is 661. The molecule has 0 bridgehead atoms. The second kappa shape index (κ2) is 6.72. The first kappa shape index (κ1) is 15.5. The number of hydrogen-bond acceptors (Lipinski definition) is 2. The van der Waals surface area contributed by atoms with Gasteiger partial charge in [0.2, 0.25) is 5.91 Å². The van der Waals surface area contributed by atoms with Crippen LogP contribution in [0.2, 0.25) is 15.1 Å². The van der Waals surface area contributed by atoms with Crippen molar-refractivity contribution in [3.8, 4) is 0 Å². The van der Waals surface area contributed by atoms with E-state index in [0.29, 0.717) is 20.8 Å². The second-order valence-electron chi connectivity index (χ2n) is 3.98. The van der Waals surface area contributed by atoms with E-state index in [1.54, 1.807) is 18.2 Å². The van der Waals surface area contributed by atoms with Gasteiger partial charge in [-0.05, 0) is 30.3 Å². The molecule has 104 valence electrons. The number of anilines is 1. The van der Waals surface area contributed by atoms with Crippen LogP contribution in [-0.4, -0.2) is 5.91 Å². The van der Waals surface area contributed by atoms with Gasteiger partial charge in [0.15, 0.2) is 0 Å². The van der Waals surface area contributed by atoms with Crippen molar-refractivity contribution in [3.63, 3.8) is 0 Å². The van der Waals surface area contributed by atoms with E-state index in [9.17, 15) is 4.79 Å². The number of hydrogen-bond donors (Lipinski definition) is 1. The third kappa shape index (κ3) is 3.83. The van der Waals surface area contributed by atoms with Crippen molar-refractivity contribution in [2.75, 3.05) is 5.32 Å². The Labute approximate surface area is 136 Å². The van der Waals surface area contributed by atoms with Crippen molar-refractivity contribution in [1.82, 2.24) is 0 Å². The Kier molecular flexibility index (Phi) is 5.22. The van der Waals surface area contributed by atoms with Crippen LogP contribution in [-0.2, 0) is 4.79 Å². The maximum absolute atomic E-state index is 11.0. The van der Waals surface area contributed by atoms with Gasteiger partial charge in [0.25, 0.3) is 0 Å². The van der Waals surface area contributed by atoms with E-state index in [4.69, 9.17) is 34.8 Å². The number of amides is 1. The van der Waals surface area contributed by atoms with Crippen LogP contribution in [0.5, 0.6) is 0 Å². The molecule has 0 fully saturated rings. The Hall–Kier alpha value is -0.870. The molecule has 0 heterocycles. The molecule has 2 nitrogen and oxygen atoms in total. The van der Waals surface area contributed by atoms with Crippen molar-refractivity contribution in [2.24, 2.45) is 0 Å². The van der Waals surface area contributed by atoms with E-state index >= 15 is 0 Å². The van der Waals surface area contributed by atoms with Gasteiger partial charge in [-0.1, -0.05) is 52.6 Å². The van der Waals surface area contributed by atoms with Crippen LogP contribution in [0.1, 0.15) is 6.92 Å². The van der Waals surface area contributed by atoms with E-state index in [0.717, 1.165) is 9.79 Å². The monoisotopic (exact) mass is 345 g/mol. The fraction of sp³-hybridized carbons (Fsp3) is 0.0714. The summed E-state index contributed by atoms with van der Waals surface area (Å²) in [6.45, 7) is 1.45. The lowest BCUT2D eigenvalue weighted by Crippen LogP contribution is -2.05. The molecule has 2 aromatic rings. The number of benzene rings is 2. The molecule has 0 aromatic heterocycles. The first-order chi connectivity index (χ1) is 9.47. The highest BCUT2D eigenvalue weighted by Gasteiger charge is 2.09. The normalized spacial score (nSPS) is 10.4. The lowest BCUT2D eigenvalue weighted by Gasteiger charge is -2.09. The van der Waals surface area contributed by atoms with Gasteiger partial charge in [-0.15, -0.1) is 0 Å². The molecule has 0 atom stereocenters. The summed E-state index contributed by atoms with van der Waals surface area (Å²) in [6.07, 6.45) is 0. The molecule has 6 heteroatoms. The predicted octanol–water partition coefficient (Wildman–Crippen LogP) is 5.76. The van der Waals surface area contributed by atoms with Gasteiger partial charge >= 0.3 is 0 Å². The number of carbonyl (C=O) groups is 1. The van der Waals surface area contributed by atoms with Crippen LogP contribution >= 0.6 is 46.6 Å². The van der Waals surface area contributed by atoms with E-state index in [2.05, 4.69) is 5.32 Å². The summed E-state index contributed by atoms with van der Waals surface area (Å²) in [5.41, 5.74) is 0.657. The van der Waals surface area contributed by atoms with Gasteiger partial charge in [0, 0.05) is 22.4 Å². The lowest BCUT2D eigenvalue weighted by molar-refractivity contribution is -0.114. The van der Waals surface area contributed by atoms with E-state index in [-0.39, 0.29) is 5.91 Å². The molecule has 0 saturated carbocycles. The van der Waals surface area contributed by atoms with E-state index in [1.165, 1.54) is 18.7 Å². The first-order valence-electron chi connectivity index (χ1n) is 5.66. The molecule has 0 aliphatic rings. The second-order valence-corrected chi connectivity index (χ2v) is 6.26. The molecule has 0 aliphatic carbocycles. The number of nitrogens with one attached hydrogen (secondary N) is 1.